The van der Waals surface area contributed by atoms with Crippen molar-refractivity contribution in [1.29, 1.82) is 0 Å². The van der Waals surface area contributed by atoms with E-state index in [1.807, 2.05) is 31.3 Å². The first kappa shape index (κ1) is 14.0. The van der Waals surface area contributed by atoms with E-state index in [4.69, 9.17) is 11.6 Å². The normalized spacial score (nSPS) is 12.4. The number of hydrogen-bond donors (Lipinski definition) is 1. The van der Waals surface area contributed by atoms with Gasteiger partial charge in [0, 0.05) is 23.8 Å². The lowest BCUT2D eigenvalue weighted by Gasteiger charge is -2.14. The molecule has 1 heterocycles. The molecule has 19 heavy (non-hydrogen) atoms. The summed E-state index contributed by atoms with van der Waals surface area (Å²) in [5.74, 6) is 0. The van der Waals surface area contributed by atoms with Crippen LogP contribution < -0.4 is 5.32 Å². The summed E-state index contributed by atoms with van der Waals surface area (Å²) in [5, 5.41) is 4.31. The SMILES string of the molecule is Cc1ccc(CNC(C)Cc2ccccc2Cl)nc1. The van der Waals surface area contributed by atoms with Gasteiger partial charge in [-0.05, 0) is 43.5 Å². The van der Waals surface area contributed by atoms with Crippen molar-refractivity contribution in [1.82, 2.24) is 10.3 Å². The van der Waals surface area contributed by atoms with Gasteiger partial charge in [0.05, 0.1) is 5.69 Å². The Balaban J connectivity index is 1.86. The molecular formula is C16H19ClN2. The fraction of sp³-hybridized carbons (Fsp3) is 0.312. The van der Waals surface area contributed by atoms with Crippen LogP contribution in [0.25, 0.3) is 0 Å². The number of rotatable bonds is 5. The summed E-state index contributed by atoms with van der Waals surface area (Å²) in [5.41, 5.74) is 3.44. The van der Waals surface area contributed by atoms with E-state index in [1.165, 1.54) is 11.1 Å². The minimum Gasteiger partial charge on any atom is -0.308 e. The predicted molar refractivity (Wildman–Crippen MR) is 80.4 cm³/mol. The zero-order valence-corrected chi connectivity index (χ0v) is 12.1. The van der Waals surface area contributed by atoms with Crippen molar-refractivity contribution >= 4 is 11.6 Å². The Morgan fingerprint density at radius 3 is 2.68 bits per heavy atom. The van der Waals surface area contributed by atoms with E-state index in [9.17, 15) is 0 Å². The molecule has 100 valence electrons. The number of halogens is 1. The molecule has 3 heteroatoms. The van der Waals surface area contributed by atoms with Gasteiger partial charge in [-0.15, -0.1) is 0 Å². The van der Waals surface area contributed by atoms with Crippen molar-refractivity contribution in [3.8, 4) is 0 Å². The quantitative estimate of drug-likeness (QED) is 0.898. The maximum Gasteiger partial charge on any atom is 0.0541 e. The van der Waals surface area contributed by atoms with E-state index in [0.29, 0.717) is 6.04 Å². The molecule has 2 rings (SSSR count). The van der Waals surface area contributed by atoms with Crippen LogP contribution >= 0.6 is 11.6 Å². The van der Waals surface area contributed by atoms with Gasteiger partial charge in [0.1, 0.15) is 0 Å². The molecule has 0 bridgehead atoms. The molecule has 0 aliphatic rings. The summed E-state index contributed by atoms with van der Waals surface area (Å²) in [6, 6.07) is 12.5. The fourth-order valence-electron chi connectivity index (χ4n) is 1.95. The van der Waals surface area contributed by atoms with Crippen molar-refractivity contribution in [2.24, 2.45) is 0 Å². The molecule has 0 amide bonds. The summed E-state index contributed by atoms with van der Waals surface area (Å²) in [6.07, 6.45) is 2.82. The van der Waals surface area contributed by atoms with E-state index in [0.717, 1.165) is 23.7 Å². The number of benzene rings is 1. The van der Waals surface area contributed by atoms with E-state index < -0.39 is 0 Å². The number of pyridine rings is 1. The number of aryl methyl sites for hydroxylation is 1. The Labute approximate surface area is 119 Å². The highest BCUT2D eigenvalue weighted by Crippen LogP contribution is 2.16. The molecule has 0 saturated carbocycles. The summed E-state index contributed by atoms with van der Waals surface area (Å²) >= 11 is 6.16. The van der Waals surface area contributed by atoms with Crippen LogP contribution in [0.2, 0.25) is 5.02 Å². The number of nitrogens with one attached hydrogen (secondary N) is 1. The van der Waals surface area contributed by atoms with Crippen molar-refractivity contribution in [2.45, 2.75) is 32.9 Å². The Kier molecular flexibility index (Phi) is 4.94. The minimum atomic E-state index is 0.364. The van der Waals surface area contributed by atoms with Crippen LogP contribution in [0.5, 0.6) is 0 Å². The van der Waals surface area contributed by atoms with Gasteiger partial charge in [-0.25, -0.2) is 0 Å². The summed E-state index contributed by atoms with van der Waals surface area (Å²) in [6.45, 7) is 4.99. The molecule has 1 unspecified atom stereocenters. The summed E-state index contributed by atoms with van der Waals surface area (Å²) in [7, 11) is 0. The summed E-state index contributed by atoms with van der Waals surface area (Å²) in [4.78, 5) is 4.39. The van der Waals surface area contributed by atoms with E-state index >= 15 is 0 Å². The first-order valence-corrected chi connectivity index (χ1v) is 6.91. The Morgan fingerprint density at radius 2 is 2.00 bits per heavy atom. The maximum absolute atomic E-state index is 6.16. The zero-order valence-electron chi connectivity index (χ0n) is 11.4. The molecule has 1 aromatic carbocycles. The lowest BCUT2D eigenvalue weighted by molar-refractivity contribution is 0.540. The van der Waals surface area contributed by atoms with Crippen LogP contribution in [0.3, 0.4) is 0 Å². The first-order valence-electron chi connectivity index (χ1n) is 6.53. The number of nitrogens with zero attached hydrogens (tertiary/aromatic N) is 1. The second kappa shape index (κ2) is 6.69. The molecule has 2 nitrogen and oxygen atoms in total. The third-order valence-electron chi connectivity index (χ3n) is 3.09. The van der Waals surface area contributed by atoms with Crippen molar-refractivity contribution in [3.05, 3.63) is 64.4 Å². The minimum absolute atomic E-state index is 0.364. The second-order valence-electron chi connectivity index (χ2n) is 4.90. The molecule has 0 aliphatic heterocycles. The topological polar surface area (TPSA) is 24.9 Å². The van der Waals surface area contributed by atoms with Gasteiger partial charge in [-0.1, -0.05) is 35.9 Å². The van der Waals surface area contributed by atoms with Crippen molar-refractivity contribution < 1.29 is 0 Å². The van der Waals surface area contributed by atoms with E-state index in [1.54, 1.807) is 0 Å². The highest BCUT2D eigenvalue weighted by atomic mass is 35.5. The molecule has 2 aromatic rings. The molecule has 1 atom stereocenters. The zero-order chi connectivity index (χ0) is 13.7. The van der Waals surface area contributed by atoms with Crippen LogP contribution in [-0.4, -0.2) is 11.0 Å². The van der Waals surface area contributed by atoms with Crippen LogP contribution in [-0.2, 0) is 13.0 Å². The first-order chi connectivity index (χ1) is 9.15. The van der Waals surface area contributed by atoms with Gasteiger partial charge in [0.25, 0.3) is 0 Å². The number of aromatic nitrogens is 1. The maximum atomic E-state index is 6.16. The van der Waals surface area contributed by atoms with Crippen LogP contribution in [0.4, 0.5) is 0 Å². The number of hydrogen-bond acceptors (Lipinski definition) is 2. The molecule has 0 fully saturated rings. The molecule has 0 aliphatic carbocycles. The Morgan fingerprint density at radius 1 is 1.21 bits per heavy atom. The Hall–Kier alpha value is -1.38. The largest absolute Gasteiger partial charge is 0.308 e. The highest BCUT2D eigenvalue weighted by Gasteiger charge is 2.06. The highest BCUT2D eigenvalue weighted by molar-refractivity contribution is 6.31. The van der Waals surface area contributed by atoms with Gasteiger partial charge in [0.15, 0.2) is 0 Å². The predicted octanol–water partition coefficient (Wildman–Crippen LogP) is 3.76. The lowest BCUT2D eigenvalue weighted by atomic mass is 10.1. The average molecular weight is 275 g/mol. The molecule has 1 aromatic heterocycles. The molecule has 0 saturated heterocycles. The van der Waals surface area contributed by atoms with Crippen LogP contribution in [0.1, 0.15) is 23.7 Å². The van der Waals surface area contributed by atoms with Crippen LogP contribution in [0, 0.1) is 6.92 Å². The third-order valence-corrected chi connectivity index (χ3v) is 3.46. The lowest BCUT2D eigenvalue weighted by Crippen LogP contribution is -2.28. The third kappa shape index (κ3) is 4.34. The second-order valence-corrected chi connectivity index (χ2v) is 5.31. The Bertz CT molecular complexity index is 523. The van der Waals surface area contributed by atoms with E-state index in [2.05, 4.69) is 35.4 Å². The standard InChI is InChI=1S/C16H19ClN2/c1-12-7-8-15(19-10-12)11-18-13(2)9-14-5-3-4-6-16(14)17/h3-8,10,13,18H,9,11H2,1-2H3. The molecular weight excluding hydrogens is 256 g/mol. The van der Waals surface area contributed by atoms with Crippen molar-refractivity contribution in [3.63, 3.8) is 0 Å². The van der Waals surface area contributed by atoms with Gasteiger partial charge in [-0.2, -0.15) is 0 Å². The van der Waals surface area contributed by atoms with Gasteiger partial charge in [-0.3, -0.25) is 4.98 Å². The molecule has 1 N–H and O–H groups in total. The van der Waals surface area contributed by atoms with Crippen molar-refractivity contribution in [2.75, 3.05) is 0 Å². The van der Waals surface area contributed by atoms with Gasteiger partial charge in [0.2, 0.25) is 0 Å². The van der Waals surface area contributed by atoms with E-state index in [-0.39, 0.29) is 0 Å². The fourth-order valence-corrected chi connectivity index (χ4v) is 2.16. The average Bonchev–Trinajstić information content (AvgIpc) is 2.41. The monoisotopic (exact) mass is 274 g/mol. The molecule has 0 spiro atoms. The van der Waals surface area contributed by atoms with Gasteiger partial charge < -0.3 is 5.32 Å². The van der Waals surface area contributed by atoms with Gasteiger partial charge >= 0.3 is 0 Å². The van der Waals surface area contributed by atoms with Crippen LogP contribution in [0.15, 0.2) is 42.6 Å². The summed E-state index contributed by atoms with van der Waals surface area (Å²) < 4.78 is 0. The molecule has 0 radical (unpaired) electrons. The smallest absolute Gasteiger partial charge is 0.0541 e.